The lowest BCUT2D eigenvalue weighted by molar-refractivity contribution is 0.276. The summed E-state index contributed by atoms with van der Waals surface area (Å²) < 4.78 is 6.17. The van der Waals surface area contributed by atoms with Gasteiger partial charge in [0.2, 0.25) is 0 Å². The highest BCUT2D eigenvalue weighted by molar-refractivity contribution is 6.74. The van der Waals surface area contributed by atoms with Crippen molar-refractivity contribution in [3.8, 4) is 6.07 Å². The lowest BCUT2D eigenvalue weighted by Gasteiger charge is -2.36. The lowest BCUT2D eigenvalue weighted by Crippen LogP contribution is -2.40. The van der Waals surface area contributed by atoms with E-state index >= 15 is 0 Å². The Morgan fingerprint density at radius 1 is 0.900 bits per heavy atom. The topological polar surface area (TPSA) is 33.0 Å². The van der Waals surface area contributed by atoms with Crippen molar-refractivity contribution in [3.05, 3.63) is 0 Å². The fourth-order valence-electron chi connectivity index (χ4n) is 1.80. The van der Waals surface area contributed by atoms with Crippen molar-refractivity contribution >= 4 is 8.32 Å². The molecule has 0 fully saturated rings. The molecule has 0 aliphatic carbocycles. The standard InChI is InChI=1S/C17H35NOSi/c1-16(2,3)20(6,7)19-14-12-10-8-9-11-13-17(4,5)15-18/h8-14H2,1-7H3. The maximum atomic E-state index is 8.95. The van der Waals surface area contributed by atoms with Gasteiger partial charge in [-0.05, 0) is 44.8 Å². The minimum absolute atomic E-state index is 0.147. The molecule has 0 spiro atoms. The number of nitrogens with zero attached hydrogens (tertiary/aromatic N) is 1. The summed E-state index contributed by atoms with van der Waals surface area (Å²) in [6.07, 6.45) is 7.12. The van der Waals surface area contributed by atoms with Crippen LogP contribution in [0.5, 0.6) is 0 Å². The summed E-state index contributed by atoms with van der Waals surface area (Å²) in [5.74, 6) is 0. The van der Waals surface area contributed by atoms with Crippen LogP contribution in [0.1, 0.15) is 73.1 Å². The van der Waals surface area contributed by atoms with Crippen molar-refractivity contribution in [1.82, 2.24) is 0 Å². The predicted octanol–water partition coefficient (Wildman–Crippen LogP) is 5.90. The zero-order chi connectivity index (χ0) is 15.9. The van der Waals surface area contributed by atoms with Gasteiger partial charge in [-0.2, -0.15) is 5.26 Å². The van der Waals surface area contributed by atoms with Gasteiger partial charge < -0.3 is 4.43 Å². The first kappa shape index (κ1) is 19.7. The van der Waals surface area contributed by atoms with E-state index in [4.69, 9.17) is 9.69 Å². The molecule has 0 heterocycles. The molecule has 20 heavy (non-hydrogen) atoms. The molecule has 0 bridgehead atoms. The first-order valence-corrected chi connectivity index (χ1v) is 11.0. The fraction of sp³-hybridized carbons (Fsp3) is 0.941. The van der Waals surface area contributed by atoms with E-state index in [1.54, 1.807) is 0 Å². The fourth-order valence-corrected chi connectivity index (χ4v) is 2.89. The number of unbranched alkanes of at least 4 members (excludes halogenated alkanes) is 4. The normalized spacial score (nSPS) is 13.3. The van der Waals surface area contributed by atoms with Crippen LogP contribution >= 0.6 is 0 Å². The van der Waals surface area contributed by atoms with Gasteiger partial charge in [0.15, 0.2) is 8.32 Å². The third kappa shape index (κ3) is 8.07. The molecule has 0 N–H and O–H groups in total. The quantitative estimate of drug-likeness (QED) is 0.392. The smallest absolute Gasteiger partial charge is 0.191 e. The Hall–Kier alpha value is -0.333. The summed E-state index contributed by atoms with van der Waals surface area (Å²) >= 11 is 0. The van der Waals surface area contributed by atoms with E-state index < -0.39 is 8.32 Å². The van der Waals surface area contributed by atoms with E-state index in [0.717, 1.165) is 13.0 Å². The Bertz CT molecular complexity index is 310. The van der Waals surface area contributed by atoms with Crippen LogP contribution in [0, 0.1) is 16.7 Å². The monoisotopic (exact) mass is 297 g/mol. The molecule has 0 amide bonds. The van der Waals surface area contributed by atoms with Crippen LogP contribution < -0.4 is 0 Å². The van der Waals surface area contributed by atoms with Crippen molar-refractivity contribution < 1.29 is 4.43 Å². The molecule has 0 radical (unpaired) electrons. The van der Waals surface area contributed by atoms with Crippen LogP contribution in [-0.4, -0.2) is 14.9 Å². The molecule has 0 saturated heterocycles. The van der Waals surface area contributed by atoms with Crippen molar-refractivity contribution in [3.63, 3.8) is 0 Å². The second-order valence-electron chi connectivity index (χ2n) is 8.12. The molecule has 0 aliphatic rings. The van der Waals surface area contributed by atoms with Crippen LogP contribution in [-0.2, 0) is 4.43 Å². The van der Waals surface area contributed by atoms with Crippen molar-refractivity contribution in [1.29, 1.82) is 5.26 Å². The lowest BCUT2D eigenvalue weighted by atomic mass is 9.88. The Labute approximate surface area is 128 Å². The molecule has 0 aliphatic heterocycles. The average molecular weight is 298 g/mol. The molecule has 3 heteroatoms. The van der Waals surface area contributed by atoms with E-state index in [-0.39, 0.29) is 5.41 Å². The summed E-state index contributed by atoms with van der Waals surface area (Å²) in [7, 11) is -1.55. The Morgan fingerprint density at radius 3 is 1.90 bits per heavy atom. The molecule has 0 atom stereocenters. The first-order valence-electron chi connectivity index (χ1n) is 8.07. The maximum Gasteiger partial charge on any atom is 0.191 e. The molecule has 0 aromatic heterocycles. The summed E-state index contributed by atoms with van der Waals surface area (Å²) in [5.41, 5.74) is -0.147. The van der Waals surface area contributed by atoms with Gasteiger partial charge in [-0.3, -0.25) is 0 Å². The molecular weight excluding hydrogens is 262 g/mol. The Morgan fingerprint density at radius 2 is 1.40 bits per heavy atom. The highest BCUT2D eigenvalue weighted by atomic mass is 28.4. The summed E-state index contributed by atoms with van der Waals surface area (Å²) in [4.78, 5) is 0. The minimum atomic E-state index is -1.55. The second kappa shape index (κ2) is 8.19. The SMILES string of the molecule is CC(C)(C#N)CCCCCCCO[Si](C)(C)C(C)(C)C. The van der Waals surface area contributed by atoms with Crippen LogP contribution in [0.25, 0.3) is 0 Å². The third-order valence-electron chi connectivity index (χ3n) is 4.52. The zero-order valence-electron chi connectivity index (χ0n) is 14.8. The van der Waals surface area contributed by atoms with Crippen LogP contribution in [0.15, 0.2) is 0 Å². The highest BCUT2D eigenvalue weighted by Crippen LogP contribution is 2.36. The Balaban J connectivity index is 3.59. The molecule has 0 saturated carbocycles. The van der Waals surface area contributed by atoms with E-state index in [0.29, 0.717) is 5.04 Å². The Kier molecular flexibility index (Phi) is 8.06. The van der Waals surface area contributed by atoms with Gasteiger partial charge in [-0.1, -0.05) is 46.5 Å². The first-order chi connectivity index (χ1) is 9.02. The van der Waals surface area contributed by atoms with Gasteiger partial charge >= 0.3 is 0 Å². The molecule has 118 valence electrons. The van der Waals surface area contributed by atoms with E-state index in [9.17, 15) is 0 Å². The number of rotatable bonds is 9. The van der Waals surface area contributed by atoms with E-state index in [1.807, 2.05) is 13.8 Å². The van der Waals surface area contributed by atoms with Crippen molar-refractivity contribution in [2.24, 2.45) is 5.41 Å². The van der Waals surface area contributed by atoms with Gasteiger partial charge in [-0.25, -0.2) is 0 Å². The van der Waals surface area contributed by atoms with E-state index in [1.165, 1.54) is 32.1 Å². The van der Waals surface area contributed by atoms with Crippen molar-refractivity contribution in [2.45, 2.75) is 91.3 Å². The largest absolute Gasteiger partial charge is 0.417 e. The van der Waals surface area contributed by atoms with Gasteiger partial charge in [0.25, 0.3) is 0 Å². The van der Waals surface area contributed by atoms with Gasteiger partial charge in [0, 0.05) is 6.61 Å². The molecular formula is C17H35NOSi. The number of nitriles is 1. The average Bonchev–Trinajstić information content (AvgIpc) is 2.31. The predicted molar refractivity (Wildman–Crippen MR) is 90.2 cm³/mol. The molecule has 0 rings (SSSR count). The molecule has 0 aromatic carbocycles. The van der Waals surface area contributed by atoms with Crippen LogP contribution in [0.3, 0.4) is 0 Å². The summed E-state index contributed by atoms with van der Waals surface area (Å²) in [6.45, 7) is 16.5. The molecule has 2 nitrogen and oxygen atoms in total. The number of hydrogen-bond acceptors (Lipinski definition) is 2. The molecule has 0 unspecified atom stereocenters. The highest BCUT2D eigenvalue weighted by Gasteiger charge is 2.36. The van der Waals surface area contributed by atoms with Crippen LogP contribution in [0.2, 0.25) is 18.1 Å². The maximum absolute atomic E-state index is 8.95. The second-order valence-corrected chi connectivity index (χ2v) is 12.9. The van der Waals surface area contributed by atoms with Gasteiger partial charge in [-0.15, -0.1) is 0 Å². The summed E-state index contributed by atoms with van der Waals surface area (Å²) in [6, 6.07) is 2.37. The van der Waals surface area contributed by atoms with Gasteiger partial charge in [0.1, 0.15) is 0 Å². The van der Waals surface area contributed by atoms with Crippen molar-refractivity contribution in [2.75, 3.05) is 6.61 Å². The van der Waals surface area contributed by atoms with Gasteiger partial charge in [0.05, 0.1) is 11.5 Å². The van der Waals surface area contributed by atoms with Crippen LogP contribution in [0.4, 0.5) is 0 Å². The van der Waals surface area contributed by atoms with E-state index in [2.05, 4.69) is 39.9 Å². The zero-order valence-corrected chi connectivity index (χ0v) is 15.8. The number of hydrogen-bond donors (Lipinski definition) is 0. The molecule has 0 aromatic rings. The summed E-state index contributed by atoms with van der Waals surface area (Å²) in [5, 5.41) is 9.26. The minimum Gasteiger partial charge on any atom is -0.417 e. The third-order valence-corrected chi connectivity index (χ3v) is 9.06.